The van der Waals surface area contributed by atoms with E-state index in [-0.39, 0.29) is 0 Å². The van der Waals surface area contributed by atoms with Gasteiger partial charge in [-0.25, -0.2) is 0 Å². The standard InChI is InChI=1S/C11H13Cl2N/c1-7-4-11(14-6-7)9-3-2-8(12)5-10(9)13/h2-3,5,7,11,14H,4,6H2,1H3/t7-,11+/m1/s1. The maximum atomic E-state index is 6.13. The zero-order valence-electron chi connectivity index (χ0n) is 8.06. The lowest BCUT2D eigenvalue weighted by Gasteiger charge is -2.12. The van der Waals surface area contributed by atoms with Gasteiger partial charge in [0.25, 0.3) is 0 Å². The van der Waals surface area contributed by atoms with E-state index in [2.05, 4.69) is 12.2 Å². The van der Waals surface area contributed by atoms with E-state index in [1.807, 2.05) is 18.2 Å². The molecule has 1 N–H and O–H groups in total. The molecule has 1 fully saturated rings. The molecule has 1 aromatic rings. The van der Waals surface area contributed by atoms with Crippen LogP contribution < -0.4 is 5.32 Å². The molecule has 1 aliphatic rings. The van der Waals surface area contributed by atoms with Gasteiger partial charge in [0.2, 0.25) is 0 Å². The summed E-state index contributed by atoms with van der Waals surface area (Å²) in [5.41, 5.74) is 1.17. The summed E-state index contributed by atoms with van der Waals surface area (Å²) >= 11 is 12.0. The van der Waals surface area contributed by atoms with Gasteiger partial charge in [-0.3, -0.25) is 0 Å². The van der Waals surface area contributed by atoms with Crippen molar-refractivity contribution >= 4 is 23.2 Å². The fourth-order valence-corrected chi connectivity index (χ4v) is 2.47. The number of rotatable bonds is 1. The lowest BCUT2D eigenvalue weighted by Crippen LogP contribution is -2.13. The molecule has 0 saturated carbocycles. The third kappa shape index (κ3) is 2.05. The van der Waals surface area contributed by atoms with E-state index < -0.39 is 0 Å². The summed E-state index contributed by atoms with van der Waals surface area (Å²) in [6.45, 7) is 3.32. The fourth-order valence-electron chi connectivity index (χ4n) is 1.93. The van der Waals surface area contributed by atoms with Crippen molar-refractivity contribution in [2.75, 3.05) is 6.54 Å². The molecule has 1 aromatic carbocycles. The Morgan fingerprint density at radius 1 is 1.36 bits per heavy atom. The molecule has 2 rings (SSSR count). The van der Waals surface area contributed by atoms with Crippen LogP contribution in [-0.4, -0.2) is 6.54 Å². The van der Waals surface area contributed by atoms with Crippen LogP contribution >= 0.6 is 23.2 Å². The van der Waals surface area contributed by atoms with Crippen LogP contribution in [0.25, 0.3) is 0 Å². The Morgan fingerprint density at radius 3 is 2.71 bits per heavy atom. The van der Waals surface area contributed by atoms with E-state index in [1.165, 1.54) is 5.56 Å². The molecule has 76 valence electrons. The summed E-state index contributed by atoms with van der Waals surface area (Å²) in [5, 5.41) is 4.92. The fraction of sp³-hybridized carbons (Fsp3) is 0.455. The van der Waals surface area contributed by atoms with Crippen molar-refractivity contribution in [2.45, 2.75) is 19.4 Å². The lowest BCUT2D eigenvalue weighted by molar-refractivity contribution is 0.612. The molecular weight excluding hydrogens is 217 g/mol. The van der Waals surface area contributed by atoms with Crippen molar-refractivity contribution in [2.24, 2.45) is 5.92 Å². The number of hydrogen-bond donors (Lipinski definition) is 1. The van der Waals surface area contributed by atoms with E-state index in [0.29, 0.717) is 11.1 Å². The number of hydrogen-bond acceptors (Lipinski definition) is 1. The van der Waals surface area contributed by atoms with Gasteiger partial charge >= 0.3 is 0 Å². The molecule has 0 bridgehead atoms. The molecule has 3 heteroatoms. The summed E-state index contributed by atoms with van der Waals surface area (Å²) in [6, 6.07) is 6.12. The monoisotopic (exact) mass is 229 g/mol. The predicted octanol–water partition coefficient (Wildman–Crippen LogP) is 3.66. The first-order chi connectivity index (χ1) is 6.66. The first-order valence-corrected chi connectivity index (χ1v) is 5.60. The Hall–Kier alpha value is -0.240. The quantitative estimate of drug-likeness (QED) is 0.776. The molecule has 1 aliphatic heterocycles. The summed E-state index contributed by atoms with van der Waals surface area (Å²) in [7, 11) is 0. The van der Waals surface area contributed by atoms with Gasteiger partial charge < -0.3 is 5.32 Å². The minimum Gasteiger partial charge on any atom is -0.310 e. The van der Waals surface area contributed by atoms with Gasteiger partial charge in [-0.1, -0.05) is 36.2 Å². The van der Waals surface area contributed by atoms with Gasteiger partial charge in [0, 0.05) is 16.1 Å². The Kier molecular flexibility index (Phi) is 3.01. The number of benzene rings is 1. The Balaban J connectivity index is 2.24. The molecule has 0 aromatic heterocycles. The first kappa shape index (κ1) is 10.3. The zero-order chi connectivity index (χ0) is 10.1. The van der Waals surface area contributed by atoms with Crippen molar-refractivity contribution < 1.29 is 0 Å². The molecule has 1 saturated heterocycles. The van der Waals surface area contributed by atoms with Crippen LogP contribution in [0.4, 0.5) is 0 Å². The molecule has 1 heterocycles. The van der Waals surface area contributed by atoms with Crippen LogP contribution in [0.1, 0.15) is 24.9 Å². The molecular formula is C11H13Cl2N. The summed E-state index contributed by atoms with van der Waals surface area (Å²) in [6.07, 6.45) is 1.15. The second kappa shape index (κ2) is 4.09. The highest BCUT2D eigenvalue weighted by atomic mass is 35.5. The molecule has 14 heavy (non-hydrogen) atoms. The average Bonchev–Trinajstić information content (AvgIpc) is 2.51. The molecule has 1 nitrogen and oxygen atoms in total. The van der Waals surface area contributed by atoms with Gasteiger partial charge in [0.15, 0.2) is 0 Å². The molecule has 0 radical (unpaired) electrons. The zero-order valence-corrected chi connectivity index (χ0v) is 9.57. The van der Waals surface area contributed by atoms with Gasteiger partial charge in [-0.15, -0.1) is 0 Å². The van der Waals surface area contributed by atoms with E-state index in [9.17, 15) is 0 Å². The maximum Gasteiger partial charge on any atom is 0.0468 e. The van der Waals surface area contributed by atoms with E-state index in [0.717, 1.165) is 23.9 Å². The van der Waals surface area contributed by atoms with Crippen molar-refractivity contribution in [3.63, 3.8) is 0 Å². The minimum absolute atomic E-state index is 0.398. The number of nitrogens with one attached hydrogen (secondary N) is 1. The van der Waals surface area contributed by atoms with Crippen LogP contribution in [0.2, 0.25) is 10.0 Å². The molecule has 0 spiro atoms. The maximum absolute atomic E-state index is 6.13. The normalized spacial score (nSPS) is 26.8. The van der Waals surface area contributed by atoms with Crippen molar-refractivity contribution in [3.8, 4) is 0 Å². The average molecular weight is 230 g/mol. The number of halogens is 2. The largest absolute Gasteiger partial charge is 0.310 e. The highest BCUT2D eigenvalue weighted by Gasteiger charge is 2.23. The summed E-state index contributed by atoms with van der Waals surface area (Å²) < 4.78 is 0. The minimum atomic E-state index is 0.398. The van der Waals surface area contributed by atoms with Gasteiger partial charge in [0.05, 0.1) is 0 Å². The van der Waals surface area contributed by atoms with E-state index >= 15 is 0 Å². The van der Waals surface area contributed by atoms with Gasteiger partial charge in [-0.2, -0.15) is 0 Å². The van der Waals surface area contributed by atoms with E-state index in [4.69, 9.17) is 23.2 Å². The van der Waals surface area contributed by atoms with E-state index in [1.54, 1.807) is 0 Å². The summed E-state index contributed by atoms with van der Waals surface area (Å²) in [4.78, 5) is 0. The second-order valence-electron chi connectivity index (χ2n) is 3.97. The van der Waals surface area contributed by atoms with Crippen LogP contribution in [-0.2, 0) is 0 Å². The highest BCUT2D eigenvalue weighted by Crippen LogP contribution is 2.32. The summed E-state index contributed by atoms with van der Waals surface area (Å²) in [5.74, 6) is 0.728. The molecule has 0 unspecified atom stereocenters. The molecule has 0 amide bonds. The van der Waals surface area contributed by atoms with Crippen molar-refractivity contribution in [1.29, 1.82) is 0 Å². The lowest BCUT2D eigenvalue weighted by atomic mass is 10.0. The second-order valence-corrected chi connectivity index (χ2v) is 4.81. The molecule has 2 atom stereocenters. The first-order valence-electron chi connectivity index (χ1n) is 4.85. The third-order valence-corrected chi connectivity index (χ3v) is 3.25. The molecule has 0 aliphatic carbocycles. The topological polar surface area (TPSA) is 12.0 Å². The highest BCUT2D eigenvalue weighted by molar-refractivity contribution is 6.35. The van der Waals surface area contributed by atoms with Crippen LogP contribution in [0.5, 0.6) is 0 Å². The Bertz CT molecular complexity index is 338. The SMILES string of the molecule is C[C@H]1CN[C@H](c2ccc(Cl)cc2Cl)C1. The van der Waals surface area contributed by atoms with Crippen molar-refractivity contribution in [3.05, 3.63) is 33.8 Å². The predicted molar refractivity (Wildman–Crippen MR) is 61.0 cm³/mol. The van der Waals surface area contributed by atoms with Crippen LogP contribution in [0.15, 0.2) is 18.2 Å². The van der Waals surface area contributed by atoms with Crippen molar-refractivity contribution in [1.82, 2.24) is 5.32 Å². The Morgan fingerprint density at radius 2 is 2.14 bits per heavy atom. The van der Waals surface area contributed by atoms with Gasteiger partial charge in [0.1, 0.15) is 0 Å². The smallest absolute Gasteiger partial charge is 0.0468 e. The van der Waals surface area contributed by atoms with Crippen LogP contribution in [0.3, 0.4) is 0 Å². The van der Waals surface area contributed by atoms with Gasteiger partial charge in [-0.05, 0) is 36.6 Å². The third-order valence-electron chi connectivity index (χ3n) is 2.69. The Labute approximate surface area is 94.4 Å². The van der Waals surface area contributed by atoms with Crippen LogP contribution in [0, 0.1) is 5.92 Å².